The molecule has 0 aromatic carbocycles. The fraction of sp³-hybridized carbons (Fsp3) is 0.500. The van der Waals surface area contributed by atoms with E-state index in [1.807, 2.05) is 6.92 Å². The molecule has 6 nitrogen and oxygen atoms in total. The number of sulfonamides is 1. The van der Waals surface area contributed by atoms with Crippen LogP contribution >= 0.6 is 0 Å². The van der Waals surface area contributed by atoms with Crippen molar-refractivity contribution in [3.63, 3.8) is 0 Å². The van der Waals surface area contributed by atoms with Gasteiger partial charge in [-0.05, 0) is 25.3 Å². The summed E-state index contributed by atoms with van der Waals surface area (Å²) in [5.74, 6) is 1.21. The Morgan fingerprint density at radius 1 is 1.57 bits per heavy atom. The summed E-state index contributed by atoms with van der Waals surface area (Å²) in [6, 6.07) is 1.31. The van der Waals surface area contributed by atoms with Crippen molar-refractivity contribution in [1.82, 2.24) is 8.87 Å². The average molecular weight is 310 g/mol. The molecule has 0 bridgehead atoms. The van der Waals surface area contributed by atoms with Gasteiger partial charge in [0.1, 0.15) is 10.6 Å². The van der Waals surface area contributed by atoms with Crippen molar-refractivity contribution in [1.29, 1.82) is 0 Å². The monoisotopic (exact) mass is 310 g/mol. The topological polar surface area (TPSA) is 79.6 Å². The first-order chi connectivity index (χ1) is 9.91. The van der Waals surface area contributed by atoms with Crippen LogP contribution in [0.1, 0.15) is 42.7 Å². The Hall–Kier alpha value is -1.78. The highest BCUT2D eigenvalue weighted by molar-refractivity contribution is 7.89. The molecule has 1 fully saturated rings. The van der Waals surface area contributed by atoms with Gasteiger partial charge in [0.05, 0.1) is 6.54 Å². The molecule has 0 spiro atoms. The van der Waals surface area contributed by atoms with E-state index in [1.165, 1.54) is 21.1 Å². The molecular weight excluding hydrogens is 292 g/mol. The lowest BCUT2D eigenvalue weighted by molar-refractivity contribution is 0.0685. The van der Waals surface area contributed by atoms with Crippen LogP contribution in [0, 0.1) is 12.3 Å². The molecule has 0 aliphatic heterocycles. The average Bonchev–Trinajstić information content (AvgIpc) is 3.16. The van der Waals surface area contributed by atoms with E-state index in [0.717, 1.165) is 12.8 Å². The Kier molecular flexibility index (Phi) is 4.40. The zero-order chi connectivity index (χ0) is 15.6. The quantitative estimate of drug-likeness (QED) is 0.775. The van der Waals surface area contributed by atoms with E-state index in [2.05, 4.69) is 5.92 Å². The molecule has 0 saturated heterocycles. The van der Waals surface area contributed by atoms with E-state index < -0.39 is 16.0 Å². The lowest BCUT2D eigenvalue weighted by Gasteiger charge is -2.18. The van der Waals surface area contributed by atoms with Crippen LogP contribution in [0.25, 0.3) is 0 Å². The molecule has 1 N–H and O–H groups in total. The van der Waals surface area contributed by atoms with Gasteiger partial charge in [0, 0.05) is 18.8 Å². The largest absolute Gasteiger partial charge is 0.477 e. The van der Waals surface area contributed by atoms with Gasteiger partial charge in [-0.15, -0.1) is 6.42 Å². The summed E-state index contributed by atoms with van der Waals surface area (Å²) < 4.78 is 27.9. The van der Waals surface area contributed by atoms with Gasteiger partial charge in [0.15, 0.2) is 0 Å². The highest BCUT2D eigenvalue weighted by Gasteiger charge is 2.32. The number of hydrogen-bond acceptors (Lipinski definition) is 3. The molecular formula is C14H18N2O4S. The maximum Gasteiger partial charge on any atom is 0.352 e. The van der Waals surface area contributed by atoms with Gasteiger partial charge < -0.3 is 9.67 Å². The third-order valence-corrected chi connectivity index (χ3v) is 5.17. The summed E-state index contributed by atoms with van der Waals surface area (Å²) in [5, 5.41) is 9.21. The third kappa shape index (κ3) is 3.12. The summed E-state index contributed by atoms with van der Waals surface area (Å²) in [6.45, 7) is 2.15. The standard InChI is InChI=1S/C14H18N2O4S/c1-3-7-15(8-4-2)21(19,20)12-9-13(14(17)18)16(10-12)11-5-6-11/h1,9-11H,4-8H2,2H3,(H,17,18). The molecule has 7 heteroatoms. The van der Waals surface area contributed by atoms with Crippen molar-refractivity contribution in [2.75, 3.05) is 13.1 Å². The number of carboxylic acid groups (broad SMARTS) is 1. The molecule has 1 heterocycles. The number of nitrogens with zero attached hydrogens (tertiary/aromatic N) is 2. The second kappa shape index (κ2) is 5.92. The predicted molar refractivity (Wildman–Crippen MR) is 77.5 cm³/mol. The SMILES string of the molecule is C#CCN(CCC)S(=O)(=O)c1cc(C(=O)O)n(C2CC2)c1. The number of rotatable bonds is 7. The van der Waals surface area contributed by atoms with E-state index in [1.54, 1.807) is 0 Å². The van der Waals surface area contributed by atoms with Gasteiger partial charge in [-0.2, -0.15) is 4.31 Å². The number of carboxylic acids is 1. The zero-order valence-electron chi connectivity index (χ0n) is 11.8. The predicted octanol–water partition coefficient (Wildman–Crippen LogP) is 1.56. The van der Waals surface area contributed by atoms with Crippen LogP contribution in [-0.4, -0.2) is 41.5 Å². The van der Waals surface area contributed by atoms with Crippen LogP contribution < -0.4 is 0 Å². The second-order valence-electron chi connectivity index (χ2n) is 5.05. The summed E-state index contributed by atoms with van der Waals surface area (Å²) in [6.07, 6.45) is 9.01. The van der Waals surface area contributed by atoms with Crippen LogP contribution in [0.3, 0.4) is 0 Å². The van der Waals surface area contributed by atoms with Crippen LogP contribution in [0.15, 0.2) is 17.2 Å². The molecule has 2 rings (SSSR count). The van der Waals surface area contributed by atoms with Gasteiger partial charge in [-0.3, -0.25) is 0 Å². The van der Waals surface area contributed by atoms with Gasteiger partial charge >= 0.3 is 5.97 Å². The minimum Gasteiger partial charge on any atom is -0.477 e. The lowest BCUT2D eigenvalue weighted by atomic mass is 10.4. The first kappa shape index (κ1) is 15.6. The van der Waals surface area contributed by atoms with E-state index in [4.69, 9.17) is 6.42 Å². The Morgan fingerprint density at radius 2 is 2.24 bits per heavy atom. The molecule has 0 radical (unpaired) electrons. The smallest absolute Gasteiger partial charge is 0.352 e. The minimum atomic E-state index is -3.76. The Bertz CT molecular complexity index is 680. The van der Waals surface area contributed by atoms with Crippen LogP contribution in [0.5, 0.6) is 0 Å². The summed E-state index contributed by atoms with van der Waals surface area (Å²) >= 11 is 0. The zero-order valence-corrected chi connectivity index (χ0v) is 12.6. The van der Waals surface area contributed by atoms with E-state index >= 15 is 0 Å². The number of carbonyl (C=O) groups is 1. The highest BCUT2D eigenvalue weighted by Crippen LogP contribution is 2.37. The first-order valence-electron chi connectivity index (χ1n) is 6.80. The maximum atomic E-state index is 12.6. The van der Waals surface area contributed by atoms with E-state index in [-0.39, 0.29) is 23.2 Å². The Balaban J connectivity index is 2.42. The van der Waals surface area contributed by atoms with Gasteiger partial charge in [0.25, 0.3) is 0 Å². The second-order valence-corrected chi connectivity index (χ2v) is 6.99. The molecule has 114 valence electrons. The van der Waals surface area contributed by atoms with Crippen molar-refractivity contribution < 1.29 is 18.3 Å². The van der Waals surface area contributed by atoms with Crippen molar-refractivity contribution in [3.8, 4) is 12.3 Å². The lowest BCUT2D eigenvalue weighted by Crippen LogP contribution is -2.32. The van der Waals surface area contributed by atoms with Crippen LogP contribution in [0.4, 0.5) is 0 Å². The molecule has 1 aromatic heterocycles. The molecule has 1 aliphatic rings. The normalized spacial score (nSPS) is 15.1. The van der Waals surface area contributed by atoms with Crippen molar-refractivity contribution >= 4 is 16.0 Å². The molecule has 1 saturated carbocycles. The van der Waals surface area contributed by atoms with Crippen LogP contribution in [-0.2, 0) is 10.0 Å². The van der Waals surface area contributed by atoms with E-state index in [0.29, 0.717) is 13.0 Å². The number of hydrogen-bond donors (Lipinski definition) is 1. The Labute approximate surface area is 124 Å². The Morgan fingerprint density at radius 3 is 2.71 bits per heavy atom. The highest BCUT2D eigenvalue weighted by atomic mass is 32.2. The van der Waals surface area contributed by atoms with Crippen molar-refractivity contribution in [3.05, 3.63) is 18.0 Å². The van der Waals surface area contributed by atoms with Crippen molar-refractivity contribution in [2.24, 2.45) is 0 Å². The third-order valence-electron chi connectivity index (χ3n) is 3.36. The summed E-state index contributed by atoms with van der Waals surface area (Å²) in [5.41, 5.74) is 0.00762. The fourth-order valence-corrected chi connectivity index (χ4v) is 3.68. The minimum absolute atomic E-state index is 0.00417. The molecule has 0 unspecified atom stereocenters. The summed E-state index contributed by atoms with van der Waals surface area (Å²) in [4.78, 5) is 11.2. The molecule has 1 aliphatic carbocycles. The maximum absolute atomic E-state index is 12.6. The number of aromatic nitrogens is 1. The van der Waals surface area contributed by atoms with Gasteiger partial charge in [0.2, 0.25) is 10.0 Å². The molecule has 0 atom stereocenters. The van der Waals surface area contributed by atoms with Crippen molar-refractivity contribution in [2.45, 2.75) is 37.1 Å². The molecule has 1 aromatic rings. The number of aromatic carboxylic acids is 1. The van der Waals surface area contributed by atoms with Crippen LogP contribution in [0.2, 0.25) is 0 Å². The first-order valence-corrected chi connectivity index (χ1v) is 8.24. The van der Waals surface area contributed by atoms with Gasteiger partial charge in [-0.1, -0.05) is 12.8 Å². The molecule has 0 amide bonds. The molecule has 21 heavy (non-hydrogen) atoms. The van der Waals surface area contributed by atoms with Gasteiger partial charge in [-0.25, -0.2) is 13.2 Å². The number of terminal acetylenes is 1. The van der Waals surface area contributed by atoms with E-state index in [9.17, 15) is 18.3 Å². The fourth-order valence-electron chi connectivity index (χ4n) is 2.21. The summed E-state index contributed by atoms with van der Waals surface area (Å²) in [7, 11) is -3.76.